The first kappa shape index (κ1) is 12.6. The summed E-state index contributed by atoms with van der Waals surface area (Å²) in [6.07, 6.45) is 0. The second-order valence-electron chi connectivity index (χ2n) is 3.73. The van der Waals surface area contributed by atoms with Gasteiger partial charge in [0.2, 0.25) is 0 Å². The minimum Gasteiger partial charge on any atom is -0.497 e. The molecule has 0 amide bonds. The molecule has 2 rings (SSSR count). The van der Waals surface area contributed by atoms with E-state index in [0.29, 0.717) is 16.9 Å². The minimum absolute atomic E-state index is 0.0910. The third-order valence-corrected chi connectivity index (χ3v) is 2.83. The van der Waals surface area contributed by atoms with Crippen molar-refractivity contribution in [3.63, 3.8) is 0 Å². The van der Waals surface area contributed by atoms with Crippen molar-refractivity contribution in [2.75, 3.05) is 12.8 Å². The molecule has 0 saturated heterocycles. The van der Waals surface area contributed by atoms with Gasteiger partial charge in [0.05, 0.1) is 17.8 Å². The zero-order valence-corrected chi connectivity index (χ0v) is 10.3. The number of halogens is 3. The zero-order chi connectivity index (χ0) is 13.3. The van der Waals surface area contributed by atoms with Gasteiger partial charge in [-0.05, 0) is 35.4 Å². The number of ether oxygens (including phenoxy) is 1. The molecule has 0 saturated carbocycles. The Morgan fingerprint density at radius 3 is 2.33 bits per heavy atom. The first-order valence-corrected chi connectivity index (χ1v) is 5.48. The lowest BCUT2D eigenvalue weighted by Gasteiger charge is -2.08. The van der Waals surface area contributed by atoms with Crippen LogP contribution < -0.4 is 10.5 Å². The van der Waals surface area contributed by atoms with Crippen molar-refractivity contribution in [3.05, 3.63) is 47.0 Å². The molecule has 0 spiro atoms. The number of hydrogen-bond donors (Lipinski definition) is 1. The summed E-state index contributed by atoms with van der Waals surface area (Å²) in [6.45, 7) is 0. The minimum atomic E-state index is -0.638. The van der Waals surface area contributed by atoms with Crippen LogP contribution in [0.2, 0.25) is 5.02 Å². The molecule has 94 valence electrons. The normalized spacial score (nSPS) is 10.4. The van der Waals surface area contributed by atoms with E-state index in [1.54, 1.807) is 6.07 Å². The fraction of sp³-hybridized carbons (Fsp3) is 0.0769. The first-order valence-electron chi connectivity index (χ1n) is 5.10. The van der Waals surface area contributed by atoms with Crippen molar-refractivity contribution in [2.45, 2.75) is 0 Å². The Kier molecular flexibility index (Phi) is 3.39. The molecule has 2 N–H and O–H groups in total. The fourth-order valence-electron chi connectivity index (χ4n) is 1.60. The molecule has 2 nitrogen and oxygen atoms in total. The molecule has 0 heterocycles. The van der Waals surface area contributed by atoms with Crippen LogP contribution in [-0.2, 0) is 0 Å². The molecular formula is C13H10ClF2NO. The van der Waals surface area contributed by atoms with Crippen LogP contribution in [0, 0.1) is 11.6 Å². The third-order valence-electron chi connectivity index (χ3n) is 2.52. The predicted molar refractivity (Wildman–Crippen MR) is 67.8 cm³/mol. The molecule has 0 aliphatic carbocycles. The molecule has 0 aliphatic heterocycles. The number of anilines is 1. The lowest BCUT2D eigenvalue weighted by molar-refractivity contribution is 0.411. The van der Waals surface area contributed by atoms with Crippen molar-refractivity contribution < 1.29 is 13.5 Å². The van der Waals surface area contributed by atoms with E-state index in [4.69, 9.17) is 22.1 Å². The van der Waals surface area contributed by atoms with Crippen molar-refractivity contribution in [1.29, 1.82) is 0 Å². The average molecular weight is 270 g/mol. The summed E-state index contributed by atoms with van der Waals surface area (Å²) < 4.78 is 31.8. The lowest BCUT2D eigenvalue weighted by atomic mass is 10.0. The van der Waals surface area contributed by atoms with Crippen molar-refractivity contribution >= 4 is 17.3 Å². The van der Waals surface area contributed by atoms with Gasteiger partial charge in [0.1, 0.15) is 17.4 Å². The Morgan fingerprint density at radius 2 is 1.72 bits per heavy atom. The molecule has 2 aromatic carbocycles. The van der Waals surface area contributed by atoms with Crippen LogP contribution in [0.1, 0.15) is 0 Å². The quantitative estimate of drug-likeness (QED) is 0.840. The van der Waals surface area contributed by atoms with Gasteiger partial charge < -0.3 is 10.5 Å². The summed E-state index contributed by atoms with van der Waals surface area (Å²) in [7, 11) is 1.43. The number of nitrogens with two attached hydrogens (primary N) is 1. The summed E-state index contributed by atoms with van der Waals surface area (Å²) in [5.41, 5.74) is 6.19. The summed E-state index contributed by atoms with van der Waals surface area (Å²) >= 11 is 5.79. The van der Waals surface area contributed by atoms with E-state index in [2.05, 4.69) is 0 Å². The summed E-state index contributed by atoms with van der Waals surface area (Å²) in [6, 6.07) is 6.77. The van der Waals surface area contributed by atoms with Gasteiger partial charge in [0, 0.05) is 6.07 Å². The monoisotopic (exact) mass is 269 g/mol. The maximum Gasteiger partial charge on any atom is 0.148 e. The van der Waals surface area contributed by atoms with Crippen LogP contribution >= 0.6 is 11.6 Å². The first-order chi connectivity index (χ1) is 8.51. The van der Waals surface area contributed by atoms with E-state index in [9.17, 15) is 8.78 Å². The number of nitrogen functional groups attached to an aromatic ring is 1. The summed E-state index contributed by atoms with van der Waals surface area (Å²) in [4.78, 5) is 0. The molecule has 0 aliphatic rings. The van der Waals surface area contributed by atoms with Gasteiger partial charge in [-0.15, -0.1) is 0 Å². The Labute approximate surface area is 108 Å². The zero-order valence-electron chi connectivity index (χ0n) is 9.51. The molecule has 0 bridgehead atoms. The van der Waals surface area contributed by atoms with Crippen LogP contribution in [-0.4, -0.2) is 7.11 Å². The van der Waals surface area contributed by atoms with Gasteiger partial charge in [-0.25, -0.2) is 8.78 Å². The van der Waals surface area contributed by atoms with Crippen molar-refractivity contribution in [1.82, 2.24) is 0 Å². The highest BCUT2D eigenvalue weighted by molar-refractivity contribution is 6.33. The van der Waals surface area contributed by atoms with Crippen LogP contribution in [0.15, 0.2) is 30.3 Å². The van der Waals surface area contributed by atoms with E-state index in [1.807, 2.05) is 0 Å². The van der Waals surface area contributed by atoms with Gasteiger partial charge in [-0.2, -0.15) is 0 Å². The molecule has 0 atom stereocenters. The van der Waals surface area contributed by atoms with Gasteiger partial charge in [-0.1, -0.05) is 11.6 Å². The Balaban J connectivity index is 2.58. The van der Waals surface area contributed by atoms with Crippen LogP contribution in [0.5, 0.6) is 5.75 Å². The van der Waals surface area contributed by atoms with E-state index < -0.39 is 11.6 Å². The molecule has 18 heavy (non-hydrogen) atoms. The average Bonchev–Trinajstić information content (AvgIpc) is 2.34. The van der Waals surface area contributed by atoms with Crippen LogP contribution in [0.3, 0.4) is 0 Å². The van der Waals surface area contributed by atoms with Crippen LogP contribution in [0.4, 0.5) is 14.5 Å². The molecule has 5 heteroatoms. The topological polar surface area (TPSA) is 35.2 Å². The largest absolute Gasteiger partial charge is 0.497 e. The smallest absolute Gasteiger partial charge is 0.148 e. The third kappa shape index (κ3) is 2.38. The predicted octanol–water partition coefficient (Wildman–Crippen LogP) is 3.88. The highest BCUT2D eigenvalue weighted by atomic mass is 35.5. The maximum atomic E-state index is 13.5. The number of rotatable bonds is 2. The van der Waals surface area contributed by atoms with Crippen LogP contribution in [0.25, 0.3) is 11.1 Å². The molecule has 2 aromatic rings. The maximum absolute atomic E-state index is 13.5. The number of hydrogen-bond acceptors (Lipinski definition) is 2. The number of methoxy groups -OCH3 is 1. The van der Waals surface area contributed by atoms with E-state index in [0.717, 1.165) is 0 Å². The Morgan fingerprint density at radius 1 is 1.06 bits per heavy atom. The SMILES string of the molecule is COc1cc(F)cc(-c2cc(F)c(N)c(Cl)c2)c1. The second kappa shape index (κ2) is 4.82. The molecular weight excluding hydrogens is 260 g/mol. The fourth-order valence-corrected chi connectivity index (χ4v) is 1.81. The van der Waals surface area contributed by atoms with E-state index in [1.165, 1.54) is 31.4 Å². The standard InChI is InChI=1S/C13H10ClF2NO/c1-18-10-3-7(2-9(15)6-10)8-4-11(14)13(17)12(16)5-8/h2-6H,17H2,1H3. The van der Waals surface area contributed by atoms with Crippen molar-refractivity contribution in [3.8, 4) is 16.9 Å². The van der Waals surface area contributed by atoms with E-state index >= 15 is 0 Å². The molecule has 0 aromatic heterocycles. The van der Waals surface area contributed by atoms with Gasteiger partial charge in [-0.3, -0.25) is 0 Å². The summed E-state index contributed by atoms with van der Waals surface area (Å²) in [5, 5.41) is 0.0910. The highest BCUT2D eigenvalue weighted by Crippen LogP contribution is 2.31. The van der Waals surface area contributed by atoms with Gasteiger partial charge >= 0.3 is 0 Å². The highest BCUT2D eigenvalue weighted by Gasteiger charge is 2.09. The van der Waals surface area contributed by atoms with Crippen molar-refractivity contribution in [2.24, 2.45) is 0 Å². The molecule has 0 fully saturated rings. The molecule has 0 unspecified atom stereocenters. The summed E-state index contributed by atoms with van der Waals surface area (Å²) in [5.74, 6) is -0.767. The lowest BCUT2D eigenvalue weighted by Crippen LogP contribution is -1.93. The Bertz CT molecular complexity index is 579. The van der Waals surface area contributed by atoms with Gasteiger partial charge in [0.25, 0.3) is 0 Å². The Hall–Kier alpha value is -1.81. The number of benzene rings is 2. The second-order valence-corrected chi connectivity index (χ2v) is 4.14. The van der Waals surface area contributed by atoms with E-state index in [-0.39, 0.29) is 10.7 Å². The molecule has 0 radical (unpaired) electrons. The van der Waals surface area contributed by atoms with Gasteiger partial charge in [0.15, 0.2) is 0 Å².